The van der Waals surface area contributed by atoms with Crippen LogP contribution in [0.3, 0.4) is 0 Å². The van der Waals surface area contributed by atoms with Crippen LogP contribution in [0.4, 0.5) is 0 Å². The molecule has 0 spiro atoms. The molecule has 5 heteroatoms. The second-order valence-corrected chi connectivity index (χ2v) is 0. The Balaban J connectivity index is -0.00000000167. The van der Waals surface area contributed by atoms with Gasteiger partial charge in [-0.2, -0.15) is 0 Å². The maximum atomic E-state index is 4.67. The van der Waals surface area contributed by atoms with Crippen LogP contribution in [0.25, 0.3) is 0 Å². The van der Waals surface area contributed by atoms with Crippen LogP contribution in [0.15, 0.2) is 0 Å². The van der Waals surface area contributed by atoms with Crippen molar-refractivity contribution in [1.29, 1.82) is 0 Å². The predicted octanol–water partition coefficient (Wildman–Crippen LogP) is -1.79. The van der Waals surface area contributed by atoms with Gasteiger partial charge in [-0.25, -0.2) is 0 Å². The molecule has 0 bridgehead atoms. The summed E-state index contributed by atoms with van der Waals surface area (Å²) in [6.45, 7) is 0. The summed E-state index contributed by atoms with van der Waals surface area (Å²) in [7, 11) is 4.67. The standard InChI is InChI=1S/ClH.3H2O.Os/h1H;3*1H2;/q;;;;+1/p-1. The van der Waals surface area contributed by atoms with Crippen molar-refractivity contribution in [2.45, 2.75) is 0 Å². The molecule has 3 nitrogen and oxygen atoms in total. The van der Waals surface area contributed by atoms with E-state index in [2.05, 4.69) is 9.64 Å². The summed E-state index contributed by atoms with van der Waals surface area (Å²) in [5, 5.41) is 0. The number of hydrogen-bond donors (Lipinski definition) is 0. The van der Waals surface area contributed by atoms with Crippen LogP contribution in [0, 0.1) is 0 Å². The molecule has 0 saturated heterocycles. The van der Waals surface area contributed by atoms with Gasteiger partial charge in [0.1, 0.15) is 0 Å². The first-order valence-corrected chi connectivity index (χ1v) is 3.28. The summed E-state index contributed by atoms with van der Waals surface area (Å²) in [5.74, 6) is 0. The molecule has 0 aliphatic heterocycles. The van der Waals surface area contributed by atoms with Crippen LogP contribution in [0.2, 0.25) is 0 Å². The van der Waals surface area contributed by atoms with Crippen molar-refractivity contribution < 1.29 is 34.0 Å². The molecule has 0 rings (SSSR count). The fourth-order valence-corrected chi connectivity index (χ4v) is 0. The van der Waals surface area contributed by atoms with Gasteiger partial charge in [0.15, 0.2) is 0 Å². The zero-order valence-corrected chi connectivity index (χ0v) is 5.53. The summed E-state index contributed by atoms with van der Waals surface area (Å²) in [6.07, 6.45) is 0. The van der Waals surface area contributed by atoms with E-state index in [1.165, 1.54) is 17.6 Å². The normalized spacial score (nSPS) is 1.20. The summed E-state index contributed by atoms with van der Waals surface area (Å²) in [6, 6.07) is 0. The van der Waals surface area contributed by atoms with Gasteiger partial charge in [0.2, 0.25) is 0 Å². The van der Waals surface area contributed by atoms with Gasteiger partial charge >= 0.3 is 27.2 Å². The molecule has 0 aromatic rings. The van der Waals surface area contributed by atoms with Gasteiger partial charge in [-0.05, 0) is 0 Å². The number of rotatable bonds is 0. The Morgan fingerprint density at radius 2 is 0.800 bits per heavy atom. The number of halogens is 1. The maximum absolute atomic E-state index is 4.67. The number of hydrogen-bond acceptors (Lipinski definition) is 0. The topological polar surface area (TPSA) is 94.5 Å². The Bertz CT molecular complexity index is 6.85. The molecule has 0 aromatic heterocycles. The van der Waals surface area contributed by atoms with Crippen molar-refractivity contribution in [2.24, 2.45) is 0 Å². The molecule has 5 heavy (non-hydrogen) atoms. The van der Waals surface area contributed by atoms with E-state index in [4.69, 9.17) is 0 Å². The monoisotopic (exact) mass is 281 g/mol. The SMILES string of the molecule is O.O.O.[Cl][Os]. The van der Waals surface area contributed by atoms with Crippen molar-refractivity contribution >= 4 is 9.64 Å². The minimum atomic E-state index is 0. The van der Waals surface area contributed by atoms with Gasteiger partial charge in [-0.1, -0.05) is 0 Å². The molecule has 39 valence electrons. The molecule has 0 radical (unpaired) electrons. The Hall–Kier alpha value is 0.806. The Labute approximate surface area is 44.2 Å². The first-order valence-electron chi connectivity index (χ1n) is 0.134. The second-order valence-electron chi connectivity index (χ2n) is 0. The van der Waals surface area contributed by atoms with Gasteiger partial charge in [0.25, 0.3) is 0 Å². The van der Waals surface area contributed by atoms with Crippen molar-refractivity contribution in [3.63, 3.8) is 0 Å². The molecule has 0 aliphatic rings. The van der Waals surface area contributed by atoms with Crippen molar-refractivity contribution in [3.8, 4) is 0 Å². The molecule has 6 N–H and O–H groups in total. The molecule has 0 saturated carbocycles. The van der Waals surface area contributed by atoms with E-state index >= 15 is 0 Å². The Kier molecular flexibility index (Phi) is 881. The molecule has 0 aliphatic carbocycles. The van der Waals surface area contributed by atoms with Crippen molar-refractivity contribution in [2.75, 3.05) is 0 Å². The molecular weight excluding hydrogens is 274 g/mol. The zero-order valence-electron chi connectivity index (χ0n) is 2.23. The fraction of sp³-hybridized carbons (Fsp3) is 0. The van der Waals surface area contributed by atoms with Gasteiger partial charge in [-0.15, -0.1) is 0 Å². The first-order chi connectivity index (χ1) is 1.00. The van der Waals surface area contributed by atoms with E-state index in [0.29, 0.717) is 0 Å². The molecular formula is H6ClO3Os. The molecule has 0 fully saturated rings. The third-order valence-corrected chi connectivity index (χ3v) is 0. The predicted molar refractivity (Wildman–Crippen MR) is 16.7 cm³/mol. The summed E-state index contributed by atoms with van der Waals surface area (Å²) < 4.78 is 0. The van der Waals surface area contributed by atoms with E-state index in [0.717, 1.165) is 0 Å². The van der Waals surface area contributed by atoms with Crippen molar-refractivity contribution in [1.82, 2.24) is 0 Å². The van der Waals surface area contributed by atoms with Gasteiger partial charge in [-0.3, -0.25) is 0 Å². The van der Waals surface area contributed by atoms with Crippen LogP contribution >= 0.6 is 9.64 Å². The third kappa shape index (κ3) is 58.2. The molecule has 0 atom stereocenters. The quantitative estimate of drug-likeness (QED) is 0.501. The van der Waals surface area contributed by atoms with Crippen LogP contribution in [0.1, 0.15) is 0 Å². The molecule has 0 unspecified atom stereocenters. The summed E-state index contributed by atoms with van der Waals surface area (Å²) in [4.78, 5) is 0. The van der Waals surface area contributed by atoms with Crippen LogP contribution in [-0.2, 0) is 17.6 Å². The zero-order chi connectivity index (χ0) is 2.00. The van der Waals surface area contributed by atoms with Gasteiger partial charge in [0.05, 0.1) is 0 Å². The average Bonchev–Trinajstić information content (AvgIpc) is 1.00. The Morgan fingerprint density at radius 3 is 0.800 bits per heavy atom. The minimum absolute atomic E-state index is 0. The second kappa shape index (κ2) is 107. The fourth-order valence-electron chi connectivity index (χ4n) is 0. The van der Waals surface area contributed by atoms with E-state index < -0.39 is 0 Å². The van der Waals surface area contributed by atoms with E-state index in [-0.39, 0.29) is 16.4 Å². The van der Waals surface area contributed by atoms with Gasteiger partial charge < -0.3 is 16.4 Å². The van der Waals surface area contributed by atoms with Crippen LogP contribution < -0.4 is 0 Å². The van der Waals surface area contributed by atoms with Crippen LogP contribution in [0.5, 0.6) is 0 Å². The first kappa shape index (κ1) is 41.1. The van der Waals surface area contributed by atoms with Crippen LogP contribution in [-0.4, -0.2) is 16.4 Å². The van der Waals surface area contributed by atoms with E-state index in [1.807, 2.05) is 0 Å². The molecule has 0 aromatic carbocycles. The van der Waals surface area contributed by atoms with E-state index in [1.54, 1.807) is 0 Å². The molecule has 0 heterocycles. The van der Waals surface area contributed by atoms with Crippen molar-refractivity contribution in [3.05, 3.63) is 0 Å². The molecule has 0 amide bonds. The van der Waals surface area contributed by atoms with E-state index in [9.17, 15) is 0 Å². The van der Waals surface area contributed by atoms with Gasteiger partial charge in [0, 0.05) is 0 Å². The summed E-state index contributed by atoms with van der Waals surface area (Å²) >= 11 is 1.33. The Morgan fingerprint density at radius 1 is 0.800 bits per heavy atom. The average molecular weight is 280 g/mol. The summed E-state index contributed by atoms with van der Waals surface area (Å²) in [5.41, 5.74) is 0. The third-order valence-electron chi connectivity index (χ3n) is 0.